The molecule has 136 valence electrons. The number of nitrogens with one attached hydrogen (secondary N) is 2. The molecule has 1 amide bonds. The van der Waals surface area contributed by atoms with Crippen LogP contribution in [0.15, 0.2) is 24.4 Å². The summed E-state index contributed by atoms with van der Waals surface area (Å²) >= 11 is 0. The first-order valence-electron chi connectivity index (χ1n) is 9.80. The molecule has 3 nitrogen and oxygen atoms in total. The lowest BCUT2D eigenvalue weighted by Crippen LogP contribution is -2.40. The van der Waals surface area contributed by atoms with Crippen molar-refractivity contribution >= 4 is 16.8 Å². The molecule has 3 heteroatoms. The van der Waals surface area contributed by atoms with Crippen LogP contribution in [-0.4, -0.2) is 17.4 Å². The summed E-state index contributed by atoms with van der Waals surface area (Å²) < 4.78 is 0. The lowest BCUT2D eigenvalue weighted by molar-refractivity contribution is -0.129. The summed E-state index contributed by atoms with van der Waals surface area (Å²) in [4.78, 5) is 16.2. The highest BCUT2D eigenvalue weighted by molar-refractivity contribution is 5.86. The van der Waals surface area contributed by atoms with Gasteiger partial charge in [-0.2, -0.15) is 0 Å². The highest BCUT2D eigenvalue weighted by atomic mass is 16.1. The van der Waals surface area contributed by atoms with Crippen LogP contribution in [0, 0.1) is 30.6 Å². The standard InChI is InChI=1S/C22H32N2O/c1-14(2)18-9-8-15(3)12-20(18)22(25)23-11-10-17-13-24-21-16(4)6-5-7-19(17)21/h5-7,13-15,18,20,24H,8-12H2,1-4H3,(H,23,25)/t15-,18+,20-/m1/s1. The van der Waals surface area contributed by atoms with Gasteiger partial charge < -0.3 is 10.3 Å². The number of aryl methyl sites for hydroxylation is 1. The Kier molecular flexibility index (Phi) is 5.51. The monoisotopic (exact) mass is 340 g/mol. The molecule has 1 aliphatic rings. The SMILES string of the molecule is Cc1cccc2c(CCNC(=O)[C@@H]3C[C@H](C)CC[C@H]3C(C)C)c[nH]c12. The molecule has 0 unspecified atom stereocenters. The fourth-order valence-electron chi connectivity index (χ4n) is 4.53. The molecule has 0 bridgehead atoms. The maximum Gasteiger partial charge on any atom is 0.223 e. The predicted octanol–water partition coefficient (Wildman–Crippen LogP) is 4.84. The van der Waals surface area contributed by atoms with Gasteiger partial charge in [-0.1, -0.05) is 45.4 Å². The summed E-state index contributed by atoms with van der Waals surface area (Å²) in [5.74, 6) is 2.24. The molecule has 2 aromatic rings. The zero-order valence-electron chi connectivity index (χ0n) is 16.1. The van der Waals surface area contributed by atoms with E-state index in [1.165, 1.54) is 34.9 Å². The van der Waals surface area contributed by atoms with Crippen LogP contribution < -0.4 is 5.32 Å². The molecule has 3 atom stereocenters. The van der Waals surface area contributed by atoms with Gasteiger partial charge in [-0.05, 0) is 55.1 Å². The molecular weight excluding hydrogens is 308 g/mol. The lowest BCUT2D eigenvalue weighted by atomic mass is 9.70. The number of hydrogen-bond acceptors (Lipinski definition) is 1. The molecular formula is C22H32N2O. The van der Waals surface area contributed by atoms with Gasteiger partial charge in [0.15, 0.2) is 0 Å². The third kappa shape index (κ3) is 3.91. The Morgan fingerprint density at radius 3 is 2.88 bits per heavy atom. The zero-order chi connectivity index (χ0) is 18.0. The summed E-state index contributed by atoms with van der Waals surface area (Å²) in [5.41, 5.74) is 3.77. The molecule has 0 spiro atoms. The molecule has 1 aromatic carbocycles. The number of rotatable bonds is 5. The Hall–Kier alpha value is -1.77. The van der Waals surface area contributed by atoms with Crippen LogP contribution in [0.4, 0.5) is 0 Å². The van der Waals surface area contributed by atoms with Gasteiger partial charge in [0.1, 0.15) is 0 Å². The van der Waals surface area contributed by atoms with Crippen molar-refractivity contribution < 1.29 is 4.79 Å². The van der Waals surface area contributed by atoms with Gasteiger partial charge in [0.25, 0.3) is 0 Å². The van der Waals surface area contributed by atoms with Crippen molar-refractivity contribution in [2.45, 2.75) is 53.4 Å². The molecule has 1 heterocycles. The topological polar surface area (TPSA) is 44.9 Å². The van der Waals surface area contributed by atoms with Crippen molar-refractivity contribution in [1.82, 2.24) is 10.3 Å². The third-order valence-electron chi connectivity index (χ3n) is 6.06. The summed E-state index contributed by atoms with van der Waals surface area (Å²) in [6, 6.07) is 6.39. The van der Waals surface area contributed by atoms with Gasteiger partial charge in [0, 0.05) is 29.6 Å². The molecule has 0 aliphatic heterocycles. The van der Waals surface area contributed by atoms with Crippen molar-refractivity contribution in [2.24, 2.45) is 23.7 Å². The average molecular weight is 341 g/mol. The van der Waals surface area contributed by atoms with Crippen molar-refractivity contribution in [1.29, 1.82) is 0 Å². The number of carbonyl (C=O) groups is 1. The second-order valence-electron chi connectivity index (χ2n) is 8.29. The van der Waals surface area contributed by atoms with Crippen LogP contribution >= 0.6 is 0 Å². The minimum Gasteiger partial charge on any atom is -0.361 e. The second-order valence-corrected chi connectivity index (χ2v) is 8.29. The van der Waals surface area contributed by atoms with E-state index in [2.05, 4.69) is 62.4 Å². The first-order chi connectivity index (χ1) is 12.0. The maximum absolute atomic E-state index is 12.8. The van der Waals surface area contributed by atoms with Crippen molar-refractivity contribution in [2.75, 3.05) is 6.54 Å². The molecule has 2 N–H and O–H groups in total. The minimum absolute atomic E-state index is 0.189. The van der Waals surface area contributed by atoms with E-state index < -0.39 is 0 Å². The van der Waals surface area contributed by atoms with Crippen LogP contribution in [-0.2, 0) is 11.2 Å². The lowest BCUT2D eigenvalue weighted by Gasteiger charge is -2.36. The first-order valence-corrected chi connectivity index (χ1v) is 9.80. The Labute approximate surface area is 151 Å². The number of aromatic nitrogens is 1. The quantitative estimate of drug-likeness (QED) is 0.803. The Bertz CT molecular complexity index is 731. The maximum atomic E-state index is 12.8. The number of hydrogen-bond donors (Lipinski definition) is 2. The van der Waals surface area contributed by atoms with E-state index in [9.17, 15) is 4.79 Å². The van der Waals surface area contributed by atoms with E-state index in [1.54, 1.807) is 0 Å². The van der Waals surface area contributed by atoms with Crippen LogP contribution in [0.5, 0.6) is 0 Å². The molecule has 1 saturated carbocycles. The van der Waals surface area contributed by atoms with Crippen LogP contribution in [0.1, 0.15) is 51.2 Å². The van der Waals surface area contributed by atoms with E-state index in [4.69, 9.17) is 0 Å². The summed E-state index contributed by atoms with van der Waals surface area (Å²) in [7, 11) is 0. The molecule has 0 saturated heterocycles. The smallest absolute Gasteiger partial charge is 0.223 e. The predicted molar refractivity (Wildman–Crippen MR) is 105 cm³/mol. The zero-order valence-corrected chi connectivity index (χ0v) is 16.1. The molecule has 1 aromatic heterocycles. The Morgan fingerprint density at radius 2 is 2.12 bits per heavy atom. The Balaban J connectivity index is 1.60. The van der Waals surface area contributed by atoms with Gasteiger partial charge in [-0.25, -0.2) is 0 Å². The number of aromatic amines is 1. The number of H-pyrrole nitrogens is 1. The van der Waals surface area contributed by atoms with E-state index in [1.807, 2.05) is 0 Å². The number of benzene rings is 1. The van der Waals surface area contributed by atoms with Crippen LogP contribution in [0.25, 0.3) is 10.9 Å². The molecule has 25 heavy (non-hydrogen) atoms. The molecule has 1 aliphatic carbocycles. The van der Waals surface area contributed by atoms with Gasteiger partial charge in [-0.15, -0.1) is 0 Å². The molecule has 0 radical (unpaired) electrons. The number of para-hydroxylation sites is 1. The first kappa shape index (κ1) is 18.0. The van der Waals surface area contributed by atoms with Gasteiger partial charge in [0.2, 0.25) is 5.91 Å². The summed E-state index contributed by atoms with van der Waals surface area (Å²) in [5, 5.41) is 4.50. The number of carbonyl (C=O) groups excluding carboxylic acids is 1. The largest absolute Gasteiger partial charge is 0.361 e. The second kappa shape index (κ2) is 7.63. The summed E-state index contributed by atoms with van der Waals surface area (Å²) in [6.07, 6.45) is 6.47. The van der Waals surface area contributed by atoms with Crippen LogP contribution in [0.3, 0.4) is 0 Å². The van der Waals surface area contributed by atoms with E-state index in [0.717, 1.165) is 19.4 Å². The van der Waals surface area contributed by atoms with E-state index in [-0.39, 0.29) is 11.8 Å². The Morgan fingerprint density at radius 1 is 1.32 bits per heavy atom. The number of amides is 1. The van der Waals surface area contributed by atoms with Crippen LogP contribution in [0.2, 0.25) is 0 Å². The third-order valence-corrected chi connectivity index (χ3v) is 6.06. The van der Waals surface area contributed by atoms with Crippen molar-refractivity contribution in [3.63, 3.8) is 0 Å². The van der Waals surface area contributed by atoms with Gasteiger partial charge in [-0.3, -0.25) is 4.79 Å². The minimum atomic E-state index is 0.189. The highest BCUT2D eigenvalue weighted by Crippen LogP contribution is 2.38. The fraction of sp³-hybridized carbons (Fsp3) is 0.591. The number of fused-ring (bicyclic) bond motifs is 1. The van der Waals surface area contributed by atoms with E-state index in [0.29, 0.717) is 17.8 Å². The average Bonchev–Trinajstić information content (AvgIpc) is 2.99. The van der Waals surface area contributed by atoms with Crippen molar-refractivity contribution in [3.8, 4) is 0 Å². The summed E-state index contributed by atoms with van der Waals surface area (Å²) in [6.45, 7) is 9.64. The fourth-order valence-corrected chi connectivity index (χ4v) is 4.53. The van der Waals surface area contributed by atoms with Gasteiger partial charge in [0.05, 0.1) is 0 Å². The van der Waals surface area contributed by atoms with Gasteiger partial charge >= 0.3 is 0 Å². The highest BCUT2D eigenvalue weighted by Gasteiger charge is 2.35. The normalized spacial score (nSPS) is 24.0. The molecule has 3 rings (SSSR count). The molecule has 1 fully saturated rings. The van der Waals surface area contributed by atoms with Crippen molar-refractivity contribution in [3.05, 3.63) is 35.5 Å². The van der Waals surface area contributed by atoms with E-state index >= 15 is 0 Å².